The molecule has 2 heterocycles. The van der Waals surface area contributed by atoms with E-state index in [9.17, 15) is 4.79 Å². The van der Waals surface area contributed by atoms with Gasteiger partial charge in [0.25, 0.3) is 5.91 Å². The average Bonchev–Trinajstić information content (AvgIpc) is 2.68. The molecule has 1 aromatic rings. The zero-order valence-corrected chi connectivity index (χ0v) is 10.5. The van der Waals surface area contributed by atoms with E-state index < -0.39 is 0 Å². The van der Waals surface area contributed by atoms with Crippen molar-refractivity contribution in [2.24, 2.45) is 0 Å². The Hall–Kier alpha value is -0.940. The van der Waals surface area contributed by atoms with Crippen molar-refractivity contribution in [3.05, 3.63) is 22.9 Å². The van der Waals surface area contributed by atoms with Crippen molar-refractivity contribution in [3.63, 3.8) is 0 Å². The number of nitrogens with zero attached hydrogens (tertiary/aromatic N) is 1. The second kappa shape index (κ2) is 4.93. The van der Waals surface area contributed by atoms with Crippen LogP contribution in [0.4, 0.5) is 5.69 Å². The molecule has 1 amide bonds. The van der Waals surface area contributed by atoms with Gasteiger partial charge in [-0.15, -0.1) is 0 Å². The summed E-state index contributed by atoms with van der Waals surface area (Å²) in [6.07, 6.45) is 3.20. The van der Waals surface area contributed by atoms with Crippen molar-refractivity contribution in [1.29, 1.82) is 0 Å². The van der Waals surface area contributed by atoms with Crippen LogP contribution in [0.1, 0.15) is 19.8 Å². The first-order valence-corrected chi connectivity index (χ1v) is 6.02. The van der Waals surface area contributed by atoms with Gasteiger partial charge in [0.15, 0.2) is 0 Å². The van der Waals surface area contributed by atoms with Crippen molar-refractivity contribution in [2.45, 2.75) is 32.0 Å². The summed E-state index contributed by atoms with van der Waals surface area (Å²) < 4.78 is 6.22. The molecule has 2 unspecified atom stereocenters. The third-order valence-corrected chi connectivity index (χ3v) is 2.99. The number of carbonyl (C=O) groups excluding carboxylic acids is 1. The van der Waals surface area contributed by atoms with Gasteiger partial charge in [-0.3, -0.25) is 4.79 Å². The Morgan fingerprint density at radius 1 is 1.56 bits per heavy atom. The summed E-state index contributed by atoms with van der Waals surface area (Å²) in [7, 11) is 0. The monoisotopic (exact) mass is 284 g/mol. The molecule has 1 aromatic heterocycles. The summed E-state index contributed by atoms with van der Waals surface area (Å²) in [5.74, 6) is -0.0894. The fourth-order valence-electron chi connectivity index (χ4n) is 1.67. The first-order valence-electron chi connectivity index (χ1n) is 5.23. The Kier molecular flexibility index (Phi) is 3.56. The smallest absolute Gasteiger partial charge is 0.253 e. The van der Waals surface area contributed by atoms with E-state index in [-0.39, 0.29) is 18.1 Å². The predicted octanol–water partition coefficient (Wildman–Crippen LogP) is 2.35. The summed E-state index contributed by atoms with van der Waals surface area (Å²) in [6, 6.07) is 3.58. The molecule has 0 aliphatic carbocycles. The maximum atomic E-state index is 11.8. The highest BCUT2D eigenvalue weighted by Crippen LogP contribution is 2.20. The van der Waals surface area contributed by atoms with Crippen LogP contribution in [0.3, 0.4) is 0 Å². The van der Waals surface area contributed by atoms with E-state index in [2.05, 4.69) is 26.2 Å². The molecule has 2 rings (SSSR count). The lowest BCUT2D eigenvalue weighted by atomic mass is 10.2. The third kappa shape index (κ3) is 2.80. The number of rotatable bonds is 2. The van der Waals surface area contributed by atoms with E-state index in [4.69, 9.17) is 4.74 Å². The lowest BCUT2D eigenvalue weighted by molar-refractivity contribution is -0.126. The fraction of sp³-hybridized carbons (Fsp3) is 0.455. The number of pyridine rings is 1. The second-order valence-corrected chi connectivity index (χ2v) is 4.68. The van der Waals surface area contributed by atoms with E-state index in [0.717, 1.165) is 17.4 Å². The second-order valence-electron chi connectivity index (χ2n) is 3.87. The van der Waals surface area contributed by atoms with Gasteiger partial charge >= 0.3 is 0 Å². The van der Waals surface area contributed by atoms with Gasteiger partial charge in [0.05, 0.1) is 18.0 Å². The summed E-state index contributed by atoms with van der Waals surface area (Å²) in [5.41, 5.74) is 0.691. The predicted molar refractivity (Wildman–Crippen MR) is 64.1 cm³/mol. The highest BCUT2D eigenvalue weighted by Gasteiger charge is 2.28. The molecular weight excluding hydrogens is 272 g/mol. The molecule has 16 heavy (non-hydrogen) atoms. The van der Waals surface area contributed by atoms with Crippen molar-refractivity contribution in [3.8, 4) is 0 Å². The highest BCUT2D eigenvalue weighted by molar-refractivity contribution is 9.10. The number of ether oxygens (including phenoxy) is 1. The van der Waals surface area contributed by atoms with E-state index in [1.54, 1.807) is 18.3 Å². The lowest BCUT2D eigenvalue weighted by Gasteiger charge is -2.11. The van der Waals surface area contributed by atoms with Crippen LogP contribution in [0, 0.1) is 0 Å². The summed E-state index contributed by atoms with van der Waals surface area (Å²) in [4.78, 5) is 15.8. The minimum absolute atomic E-state index is 0.0894. The van der Waals surface area contributed by atoms with Gasteiger partial charge in [-0.05, 0) is 47.8 Å². The maximum absolute atomic E-state index is 11.8. The molecule has 0 radical (unpaired) electrons. The van der Waals surface area contributed by atoms with E-state index in [1.165, 1.54) is 0 Å². The van der Waals surface area contributed by atoms with Crippen LogP contribution < -0.4 is 5.32 Å². The van der Waals surface area contributed by atoms with Crippen LogP contribution in [0.5, 0.6) is 0 Å². The van der Waals surface area contributed by atoms with E-state index in [0.29, 0.717) is 5.69 Å². The Bertz CT molecular complexity index is 380. The van der Waals surface area contributed by atoms with E-state index >= 15 is 0 Å². The molecular formula is C11H13BrN2O2. The molecule has 0 bridgehead atoms. The first kappa shape index (κ1) is 11.5. The number of halogens is 1. The molecule has 1 fully saturated rings. The molecule has 1 aliphatic rings. The molecule has 1 aliphatic heterocycles. The van der Waals surface area contributed by atoms with E-state index in [1.807, 2.05) is 6.92 Å². The summed E-state index contributed by atoms with van der Waals surface area (Å²) >= 11 is 3.24. The van der Waals surface area contributed by atoms with Crippen molar-refractivity contribution in [2.75, 3.05) is 5.32 Å². The van der Waals surface area contributed by atoms with Crippen LogP contribution >= 0.6 is 15.9 Å². The lowest BCUT2D eigenvalue weighted by Crippen LogP contribution is -2.27. The molecule has 0 aromatic carbocycles. The number of hydrogen-bond acceptors (Lipinski definition) is 3. The zero-order valence-electron chi connectivity index (χ0n) is 8.94. The molecule has 1 N–H and O–H groups in total. The Morgan fingerprint density at radius 3 is 2.94 bits per heavy atom. The first-order chi connectivity index (χ1) is 7.65. The summed E-state index contributed by atoms with van der Waals surface area (Å²) in [6.45, 7) is 1.98. The zero-order chi connectivity index (χ0) is 11.5. The molecule has 0 spiro atoms. The third-order valence-electron chi connectivity index (χ3n) is 2.52. The number of carbonyl (C=O) groups is 1. The van der Waals surface area contributed by atoms with Crippen LogP contribution in [0.25, 0.3) is 0 Å². The van der Waals surface area contributed by atoms with Gasteiger partial charge in [-0.2, -0.15) is 0 Å². The summed E-state index contributed by atoms with van der Waals surface area (Å²) in [5, 5.41) is 2.78. The number of anilines is 1. The number of aromatic nitrogens is 1. The van der Waals surface area contributed by atoms with Crippen LogP contribution in [0.2, 0.25) is 0 Å². The average molecular weight is 285 g/mol. The largest absolute Gasteiger partial charge is 0.365 e. The molecule has 4 nitrogen and oxygen atoms in total. The van der Waals surface area contributed by atoms with Gasteiger partial charge in [-0.1, -0.05) is 0 Å². The molecule has 0 saturated carbocycles. The van der Waals surface area contributed by atoms with Crippen molar-refractivity contribution in [1.82, 2.24) is 4.98 Å². The molecule has 86 valence electrons. The van der Waals surface area contributed by atoms with Crippen molar-refractivity contribution < 1.29 is 9.53 Å². The minimum atomic E-state index is -0.321. The topological polar surface area (TPSA) is 51.2 Å². The van der Waals surface area contributed by atoms with Crippen LogP contribution in [0.15, 0.2) is 22.9 Å². The minimum Gasteiger partial charge on any atom is -0.365 e. The Morgan fingerprint density at radius 2 is 2.38 bits per heavy atom. The SMILES string of the molecule is CC1CCC(C(=O)Nc2ccc(Br)nc2)O1. The van der Waals surface area contributed by atoms with Gasteiger partial charge in [0.1, 0.15) is 10.7 Å². The fourth-order valence-corrected chi connectivity index (χ4v) is 1.90. The van der Waals surface area contributed by atoms with Crippen LogP contribution in [-0.4, -0.2) is 23.1 Å². The highest BCUT2D eigenvalue weighted by atomic mass is 79.9. The van der Waals surface area contributed by atoms with Gasteiger partial charge in [0.2, 0.25) is 0 Å². The van der Waals surface area contributed by atoms with Gasteiger partial charge in [0, 0.05) is 0 Å². The van der Waals surface area contributed by atoms with Crippen molar-refractivity contribution >= 4 is 27.5 Å². The number of hydrogen-bond donors (Lipinski definition) is 1. The standard InChI is InChI=1S/C11H13BrN2O2/c1-7-2-4-9(16-7)11(15)14-8-3-5-10(12)13-6-8/h3,5-7,9H,2,4H2,1H3,(H,14,15). The molecule has 1 saturated heterocycles. The normalized spacial score (nSPS) is 24.4. The molecule has 5 heteroatoms. The number of amides is 1. The number of nitrogens with one attached hydrogen (secondary N) is 1. The van der Waals surface area contributed by atoms with Gasteiger partial charge < -0.3 is 10.1 Å². The Labute approximate surface area is 103 Å². The Balaban J connectivity index is 1.94. The quantitative estimate of drug-likeness (QED) is 0.849. The maximum Gasteiger partial charge on any atom is 0.253 e. The van der Waals surface area contributed by atoms with Crippen LogP contribution in [-0.2, 0) is 9.53 Å². The van der Waals surface area contributed by atoms with Gasteiger partial charge in [-0.25, -0.2) is 4.98 Å². The molecule has 2 atom stereocenters.